The van der Waals surface area contributed by atoms with Gasteiger partial charge in [0.2, 0.25) is 0 Å². The first-order valence-corrected chi connectivity index (χ1v) is 6.62. The Balaban J connectivity index is 2.42. The lowest BCUT2D eigenvalue weighted by atomic mass is 10.2. The Kier molecular flexibility index (Phi) is 5.74. The van der Waals surface area contributed by atoms with Crippen LogP contribution in [0.15, 0.2) is 0 Å². The minimum atomic E-state index is -1.34. The van der Waals surface area contributed by atoms with Gasteiger partial charge in [0, 0.05) is 0 Å². The van der Waals surface area contributed by atoms with Gasteiger partial charge in [0.1, 0.15) is 24.5 Å². The highest BCUT2D eigenvalue weighted by atomic mass is 19.1. The van der Waals surface area contributed by atoms with Crippen LogP contribution >= 0.6 is 0 Å². The molecule has 0 saturated carbocycles. The van der Waals surface area contributed by atoms with E-state index >= 15 is 0 Å². The monoisotopic (exact) mass is 291 g/mol. The fraction of sp³-hybridized carbons (Fsp3) is 0.846. The molecule has 0 aromatic rings. The molecule has 0 spiro atoms. The summed E-state index contributed by atoms with van der Waals surface area (Å²) in [7, 11) is 0. The standard InChI is InChI=1S/C13H22FNO5/c1-5-18-11(16)8-19-10-7-15(6-9(10)14)12(17)20-13(2,3)4/h9-10H,5-8H2,1-4H3/t9-,10-/m1/s1. The summed E-state index contributed by atoms with van der Waals surface area (Å²) in [5.41, 5.74) is -0.632. The Morgan fingerprint density at radius 3 is 2.50 bits per heavy atom. The van der Waals surface area contributed by atoms with Crippen LogP contribution in [0.2, 0.25) is 0 Å². The highest BCUT2D eigenvalue weighted by molar-refractivity contribution is 5.71. The van der Waals surface area contributed by atoms with Crippen molar-refractivity contribution in [1.29, 1.82) is 0 Å². The van der Waals surface area contributed by atoms with Crippen molar-refractivity contribution in [2.45, 2.75) is 45.6 Å². The minimum Gasteiger partial charge on any atom is -0.464 e. The van der Waals surface area contributed by atoms with Crippen LogP contribution in [0.3, 0.4) is 0 Å². The number of hydrogen-bond donors (Lipinski definition) is 0. The first-order valence-electron chi connectivity index (χ1n) is 6.62. The summed E-state index contributed by atoms with van der Waals surface area (Å²) in [4.78, 5) is 24.2. The lowest BCUT2D eigenvalue weighted by Gasteiger charge is -2.24. The maximum atomic E-state index is 13.7. The van der Waals surface area contributed by atoms with Crippen LogP contribution in [0.1, 0.15) is 27.7 Å². The Bertz CT molecular complexity index is 355. The van der Waals surface area contributed by atoms with E-state index in [1.807, 2.05) is 0 Å². The molecule has 7 heteroatoms. The Hall–Kier alpha value is -1.37. The topological polar surface area (TPSA) is 65.1 Å². The molecule has 0 unspecified atom stereocenters. The maximum absolute atomic E-state index is 13.7. The van der Waals surface area contributed by atoms with Gasteiger partial charge in [0.25, 0.3) is 0 Å². The van der Waals surface area contributed by atoms with Crippen LogP contribution in [0.25, 0.3) is 0 Å². The SMILES string of the molecule is CCOC(=O)CO[C@@H]1CN(C(=O)OC(C)(C)C)C[C@H]1F. The van der Waals surface area contributed by atoms with E-state index in [0.717, 1.165) is 0 Å². The van der Waals surface area contributed by atoms with Crippen LogP contribution in [0, 0.1) is 0 Å². The van der Waals surface area contributed by atoms with E-state index in [9.17, 15) is 14.0 Å². The third-order valence-electron chi connectivity index (χ3n) is 2.57. The maximum Gasteiger partial charge on any atom is 0.410 e. The number of halogens is 1. The van der Waals surface area contributed by atoms with Crippen molar-refractivity contribution in [3.05, 3.63) is 0 Å². The summed E-state index contributed by atoms with van der Waals surface area (Å²) in [6.07, 6.45) is -2.74. The average Bonchev–Trinajstić information content (AvgIpc) is 2.66. The van der Waals surface area contributed by atoms with Gasteiger partial charge in [-0.05, 0) is 27.7 Å². The fourth-order valence-corrected chi connectivity index (χ4v) is 1.74. The number of hydrogen-bond acceptors (Lipinski definition) is 5. The molecular weight excluding hydrogens is 269 g/mol. The normalized spacial score (nSPS) is 22.8. The fourth-order valence-electron chi connectivity index (χ4n) is 1.74. The lowest BCUT2D eigenvalue weighted by Crippen LogP contribution is -2.36. The molecule has 1 rings (SSSR count). The largest absolute Gasteiger partial charge is 0.464 e. The van der Waals surface area contributed by atoms with Gasteiger partial charge >= 0.3 is 12.1 Å². The third kappa shape index (κ3) is 5.32. The first kappa shape index (κ1) is 16.7. The van der Waals surface area contributed by atoms with Crippen LogP contribution in [0.4, 0.5) is 9.18 Å². The second kappa shape index (κ2) is 6.88. The number of carbonyl (C=O) groups excluding carboxylic acids is 2. The van der Waals surface area contributed by atoms with Gasteiger partial charge < -0.3 is 19.1 Å². The summed E-state index contributed by atoms with van der Waals surface area (Å²) in [5, 5.41) is 0. The molecule has 1 aliphatic heterocycles. The molecule has 1 heterocycles. The van der Waals surface area contributed by atoms with Crippen LogP contribution < -0.4 is 0 Å². The zero-order valence-corrected chi connectivity index (χ0v) is 12.3. The lowest BCUT2D eigenvalue weighted by molar-refractivity contribution is -0.151. The van der Waals surface area contributed by atoms with Gasteiger partial charge in [-0.25, -0.2) is 14.0 Å². The Morgan fingerprint density at radius 2 is 1.95 bits per heavy atom. The number of alkyl halides is 1. The molecule has 1 fully saturated rings. The van der Waals surface area contributed by atoms with Crippen LogP contribution in [0.5, 0.6) is 0 Å². The van der Waals surface area contributed by atoms with Crippen molar-refractivity contribution in [3.63, 3.8) is 0 Å². The number of ether oxygens (including phenoxy) is 3. The number of likely N-dealkylation sites (tertiary alicyclic amines) is 1. The highest BCUT2D eigenvalue weighted by Gasteiger charge is 2.38. The molecule has 116 valence electrons. The zero-order valence-electron chi connectivity index (χ0n) is 12.3. The van der Waals surface area contributed by atoms with Gasteiger partial charge in [-0.2, -0.15) is 0 Å². The van der Waals surface area contributed by atoms with E-state index in [2.05, 4.69) is 4.74 Å². The van der Waals surface area contributed by atoms with E-state index < -0.39 is 29.9 Å². The summed E-state index contributed by atoms with van der Waals surface area (Å²) in [5.74, 6) is -0.546. The molecule has 0 aromatic heterocycles. The average molecular weight is 291 g/mol. The van der Waals surface area contributed by atoms with E-state index in [1.165, 1.54) is 4.90 Å². The molecule has 20 heavy (non-hydrogen) atoms. The smallest absolute Gasteiger partial charge is 0.410 e. The van der Waals surface area contributed by atoms with Crippen molar-refractivity contribution in [3.8, 4) is 0 Å². The Morgan fingerprint density at radius 1 is 1.30 bits per heavy atom. The molecule has 0 aliphatic carbocycles. The first-order chi connectivity index (χ1) is 9.23. The molecule has 0 N–H and O–H groups in total. The van der Waals surface area contributed by atoms with Gasteiger partial charge in [-0.3, -0.25) is 0 Å². The molecule has 1 amide bonds. The van der Waals surface area contributed by atoms with Crippen LogP contribution in [-0.4, -0.2) is 61.1 Å². The van der Waals surface area contributed by atoms with Gasteiger partial charge in [-0.15, -0.1) is 0 Å². The molecule has 6 nitrogen and oxygen atoms in total. The zero-order chi connectivity index (χ0) is 15.3. The van der Waals surface area contributed by atoms with Crippen molar-refractivity contribution < 1.29 is 28.2 Å². The third-order valence-corrected chi connectivity index (χ3v) is 2.57. The summed E-state index contributed by atoms with van der Waals surface area (Å²) >= 11 is 0. The second-order valence-corrected chi connectivity index (χ2v) is 5.56. The minimum absolute atomic E-state index is 0.0650. The predicted octanol–water partition coefficient (Wildman–Crippen LogP) is 1.52. The van der Waals surface area contributed by atoms with Crippen molar-refractivity contribution in [2.75, 3.05) is 26.3 Å². The predicted molar refractivity (Wildman–Crippen MR) is 69.1 cm³/mol. The summed E-state index contributed by atoms with van der Waals surface area (Å²) in [6, 6.07) is 0. The molecule has 1 saturated heterocycles. The van der Waals surface area contributed by atoms with E-state index in [4.69, 9.17) is 9.47 Å². The van der Waals surface area contributed by atoms with Gasteiger partial charge in [-0.1, -0.05) is 0 Å². The van der Waals surface area contributed by atoms with Gasteiger partial charge in [0.15, 0.2) is 0 Å². The number of esters is 1. The quantitative estimate of drug-likeness (QED) is 0.735. The van der Waals surface area contributed by atoms with E-state index in [1.54, 1.807) is 27.7 Å². The molecule has 0 aromatic carbocycles. The Labute approximate surface area is 118 Å². The molecule has 0 bridgehead atoms. The second-order valence-electron chi connectivity index (χ2n) is 5.56. The molecule has 0 radical (unpaired) electrons. The van der Waals surface area contributed by atoms with Crippen molar-refractivity contribution >= 4 is 12.1 Å². The molecular formula is C13H22FNO5. The number of carbonyl (C=O) groups is 2. The summed E-state index contributed by atoms with van der Waals surface area (Å²) < 4.78 is 28.7. The van der Waals surface area contributed by atoms with Crippen molar-refractivity contribution in [2.24, 2.45) is 0 Å². The number of nitrogens with zero attached hydrogens (tertiary/aromatic N) is 1. The molecule has 1 aliphatic rings. The number of rotatable bonds is 4. The van der Waals surface area contributed by atoms with Crippen molar-refractivity contribution in [1.82, 2.24) is 4.90 Å². The number of amides is 1. The van der Waals surface area contributed by atoms with Crippen LogP contribution in [-0.2, 0) is 19.0 Å². The molecule has 2 atom stereocenters. The van der Waals surface area contributed by atoms with E-state index in [0.29, 0.717) is 0 Å². The van der Waals surface area contributed by atoms with Gasteiger partial charge in [0.05, 0.1) is 19.7 Å². The van der Waals surface area contributed by atoms with E-state index in [-0.39, 0.29) is 26.3 Å². The highest BCUT2D eigenvalue weighted by Crippen LogP contribution is 2.19. The summed E-state index contributed by atoms with van der Waals surface area (Å²) in [6.45, 7) is 6.79.